The summed E-state index contributed by atoms with van der Waals surface area (Å²) in [6, 6.07) is 0.439. The van der Waals surface area contributed by atoms with Gasteiger partial charge in [-0.15, -0.1) is 0 Å². The Labute approximate surface area is 95.7 Å². The van der Waals surface area contributed by atoms with Gasteiger partial charge >= 0.3 is 0 Å². The second-order valence-electron chi connectivity index (χ2n) is 4.31. The summed E-state index contributed by atoms with van der Waals surface area (Å²) >= 11 is 0. The van der Waals surface area contributed by atoms with Gasteiger partial charge in [0.15, 0.2) is 0 Å². The highest BCUT2D eigenvalue weighted by Gasteiger charge is 2.22. The summed E-state index contributed by atoms with van der Waals surface area (Å²) in [7, 11) is 0. The fourth-order valence-electron chi connectivity index (χ4n) is 2.25. The van der Waals surface area contributed by atoms with Crippen LogP contribution in [0.5, 0.6) is 0 Å². The maximum atomic E-state index is 11.8. The van der Waals surface area contributed by atoms with Gasteiger partial charge in [-0.3, -0.25) is 0 Å². The average molecular weight is 236 g/mol. The van der Waals surface area contributed by atoms with Gasteiger partial charge in [0.05, 0.1) is 6.61 Å². The van der Waals surface area contributed by atoms with Crippen molar-refractivity contribution in [3.63, 3.8) is 0 Å². The second kappa shape index (κ2) is 7.92. The minimum atomic E-state index is -2.37. The second-order valence-corrected chi connectivity index (χ2v) is 4.31. The SMILES string of the molecule is NCC1CCCCC1NCCOCC(F)F. The average Bonchev–Trinajstić information content (AvgIpc) is 2.29. The molecule has 2 atom stereocenters. The van der Waals surface area contributed by atoms with Crippen LogP contribution in [0.1, 0.15) is 25.7 Å². The zero-order valence-electron chi connectivity index (χ0n) is 9.63. The molecule has 0 aromatic rings. The molecule has 0 saturated heterocycles. The Morgan fingerprint density at radius 2 is 2.06 bits per heavy atom. The van der Waals surface area contributed by atoms with E-state index in [0.29, 0.717) is 31.7 Å². The van der Waals surface area contributed by atoms with Gasteiger partial charge in [0.25, 0.3) is 6.43 Å². The van der Waals surface area contributed by atoms with Crippen LogP contribution >= 0.6 is 0 Å². The molecule has 1 fully saturated rings. The van der Waals surface area contributed by atoms with Crippen LogP contribution in [0.4, 0.5) is 8.78 Å². The first-order valence-electron chi connectivity index (χ1n) is 6.03. The largest absolute Gasteiger partial charge is 0.374 e. The summed E-state index contributed by atoms with van der Waals surface area (Å²) in [6.45, 7) is 1.22. The van der Waals surface area contributed by atoms with Gasteiger partial charge in [-0.1, -0.05) is 12.8 Å². The molecule has 0 bridgehead atoms. The number of nitrogens with two attached hydrogens (primary N) is 1. The van der Waals surface area contributed by atoms with Crippen LogP contribution in [-0.2, 0) is 4.74 Å². The predicted molar refractivity (Wildman–Crippen MR) is 59.6 cm³/mol. The van der Waals surface area contributed by atoms with Gasteiger partial charge in [0.2, 0.25) is 0 Å². The molecule has 96 valence electrons. The first kappa shape index (κ1) is 13.8. The molecule has 0 aliphatic heterocycles. The van der Waals surface area contributed by atoms with Crippen LogP contribution < -0.4 is 11.1 Å². The summed E-state index contributed by atoms with van der Waals surface area (Å²) in [5, 5.41) is 3.35. The molecule has 0 amide bonds. The quantitative estimate of drug-likeness (QED) is 0.656. The summed E-state index contributed by atoms with van der Waals surface area (Å²) in [5.41, 5.74) is 5.69. The summed E-state index contributed by atoms with van der Waals surface area (Å²) in [5.74, 6) is 0.531. The molecule has 3 N–H and O–H groups in total. The number of rotatable bonds is 7. The Balaban J connectivity index is 2.06. The molecular formula is C11H22F2N2O. The lowest BCUT2D eigenvalue weighted by Gasteiger charge is -2.31. The molecule has 1 aliphatic rings. The van der Waals surface area contributed by atoms with Crippen LogP contribution in [0, 0.1) is 5.92 Å². The standard InChI is InChI=1S/C11H22F2N2O/c12-11(13)8-16-6-5-15-10-4-2-1-3-9(10)7-14/h9-11,15H,1-8,14H2. The molecule has 1 aliphatic carbocycles. The van der Waals surface area contributed by atoms with Crippen molar-refractivity contribution in [1.82, 2.24) is 5.32 Å². The summed E-state index contributed by atoms with van der Waals surface area (Å²) < 4.78 is 28.4. The topological polar surface area (TPSA) is 47.3 Å². The monoisotopic (exact) mass is 236 g/mol. The minimum Gasteiger partial charge on any atom is -0.374 e. The zero-order chi connectivity index (χ0) is 11.8. The Morgan fingerprint density at radius 1 is 1.31 bits per heavy atom. The fraction of sp³-hybridized carbons (Fsp3) is 1.00. The predicted octanol–water partition coefficient (Wildman–Crippen LogP) is 1.38. The molecule has 5 heteroatoms. The van der Waals surface area contributed by atoms with Crippen molar-refractivity contribution in [2.45, 2.75) is 38.2 Å². The molecule has 3 nitrogen and oxygen atoms in total. The van der Waals surface area contributed by atoms with E-state index < -0.39 is 13.0 Å². The maximum Gasteiger partial charge on any atom is 0.261 e. The van der Waals surface area contributed by atoms with Crippen molar-refractivity contribution in [3.8, 4) is 0 Å². The van der Waals surface area contributed by atoms with Crippen LogP contribution in [0.3, 0.4) is 0 Å². The van der Waals surface area contributed by atoms with E-state index in [1.807, 2.05) is 0 Å². The van der Waals surface area contributed by atoms with Crippen LogP contribution in [-0.4, -0.2) is 38.8 Å². The Bertz CT molecular complexity index is 181. The highest BCUT2D eigenvalue weighted by Crippen LogP contribution is 2.23. The lowest BCUT2D eigenvalue weighted by Crippen LogP contribution is -2.43. The lowest BCUT2D eigenvalue weighted by atomic mass is 9.84. The van der Waals surface area contributed by atoms with Crippen LogP contribution in [0.25, 0.3) is 0 Å². The van der Waals surface area contributed by atoms with E-state index in [4.69, 9.17) is 10.5 Å². The molecule has 0 aromatic heterocycles. The van der Waals surface area contributed by atoms with Gasteiger partial charge in [-0.05, 0) is 25.3 Å². The van der Waals surface area contributed by atoms with Gasteiger partial charge in [0, 0.05) is 12.6 Å². The van der Waals surface area contributed by atoms with Crippen molar-refractivity contribution in [1.29, 1.82) is 0 Å². The molecule has 1 saturated carbocycles. The van der Waals surface area contributed by atoms with E-state index in [2.05, 4.69) is 5.32 Å². The van der Waals surface area contributed by atoms with Crippen LogP contribution in [0.15, 0.2) is 0 Å². The molecule has 2 unspecified atom stereocenters. The number of alkyl halides is 2. The van der Waals surface area contributed by atoms with E-state index in [0.717, 1.165) is 6.42 Å². The van der Waals surface area contributed by atoms with Crippen molar-refractivity contribution < 1.29 is 13.5 Å². The fourth-order valence-corrected chi connectivity index (χ4v) is 2.25. The highest BCUT2D eigenvalue weighted by atomic mass is 19.3. The molecule has 16 heavy (non-hydrogen) atoms. The van der Waals surface area contributed by atoms with Crippen molar-refractivity contribution in [2.75, 3.05) is 26.3 Å². The smallest absolute Gasteiger partial charge is 0.261 e. The van der Waals surface area contributed by atoms with Gasteiger partial charge in [-0.2, -0.15) is 0 Å². The Hall–Kier alpha value is -0.260. The van der Waals surface area contributed by atoms with E-state index in [9.17, 15) is 8.78 Å². The molecule has 0 spiro atoms. The zero-order valence-corrected chi connectivity index (χ0v) is 9.63. The molecule has 0 radical (unpaired) electrons. The molecular weight excluding hydrogens is 214 g/mol. The highest BCUT2D eigenvalue weighted by molar-refractivity contribution is 4.81. The van der Waals surface area contributed by atoms with E-state index in [1.54, 1.807) is 0 Å². The van der Waals surface area contributed by atoms with Gasteiger partial charge in [0.1, 0.15) is 6.61 Å². The van der Waals surface area contributed by atoms with E-state index >= 15 is 0 Å². The molecule has 0 aromatic carbocycles. The van der Waals surface area contributed by atoms with Crippen molar-refractivity contribution >= 4 is 0 Å². The summed E-state index contributed by atoms with van der Waals surface area (Å²) in [6.07, 6.45) is 2.42. The third kappa shape index (κ3) is 5.18. The summed E-state index contributed by atoms with van der Waals surface area (Å²) in [4.78, 5) is 0. The number of ether oxygens (including phenoxy) is 1. The normalized spacial score (nSPS) is 26.2. The Kier molecular flexibility index (Phi) is 6.84. The third-order valence-corrected chi connectivity index (χ3v) is 3.11. The molecule has 0 heterocycles. The molecule has 1 rings (SSSR count). The van der Waals surface area contributed by atoms with Crippen LogP contribution in [0.2, 0.25) is 0 Å². The first-order chi connectivity index (χ1) is 7.74. The number of halogens is 2. The van der Waals surface area contributed by atoms with Crippen molar-refractivity contribution in [3.05, 3.63) is 0 Å². The first-order valence-corrected chi connectivity index (χ1v) is 6.03. The number of nitrogens with one attached hydrogen (secondary N) is 1. The Morgan fingerprint density at radius 3 is 2.75 bits per heavy atom. The number of hydrogen-bond donors (Lipinski definition) is 2. The van der Waals surface area contributed by atoms with Gasteiger partial charge in [-0.25, -0.2) is 8.78 Å². The third-order valence-electron chi connectivity index (χ3n) is 3.11. The number of hydrogen-bond acceptors (Lipinski definition) is 3. The van der Waals surface area contributed by atoms with Crippen molar-refractivity contribution in [2.24, 2.45) is 11.7 Å². The minimum absolute atomic E-state index is 0.345. The maximum absolute atomic E-state index is 11.8. The lowest BCUT2D eigenvalue weighted by molar-refractivity contribution is 0.0174. The van der Waals surface area contributed by atoms with Gasteiger partial charge < -0.3 is 15.8 Å². The van der Waals surface area contributed by atoms with E-state index in [1.165, 1.54) is 19.3 Å². The van der Waals surface area contributed by atoms with E-state index in [-0.39, 0.29) is 0 Å².